The monoisotopic (exact) mass is 211 g/mol. The number of nitrogens with zero attached hydrogens (tertiary/aromatic N) is 1. The molecule has 1 atom stereocenters. The molecule has 0 radical (unpaired) electrons. The molecule has 1 rings (SSSR count). The molecule has 0 N–H and O–H groups in total. The fourth-order valence-corrected chi connectivity index (χ4v) is 1.82. The van der Waals surface area contributed by atoms with Crippen molar-refractivity contribution < 1.29 is 0 Å². The minimum absolute atomic E-state index is 0.438. The Morgan fingerprint density at radius 3 is 2.21 bits per heavy atom. The van der Waals surface area contributed by atoms with Crippen LogP contribution in [0.3, 0.4) is 0 Å². The van der Waals surface area contributed by atoms with Crippen molar-refractivity contribution in [2.45, 2.75) is 19.4 Å². The maximum absolute atomic E-state index is 5.79. The van der Waals surface area contributed by atoms with E-state index in [2.05, 4.69) is 50.2 Å². The molecule has 14 heavy (non-hydrogen) atoms. The van der Waals surface area contributed by atoms with Gasteiger partial charge in [-0.1, -0.05) is 29.8 Å². The van der Waals surface area contributed by atoms with Crippen LogP contribution in [0, 0.1) is 6.92 Å². The van der Waals surface area contributed by atoms with Gasteiger partial charge in [0.1, 0.15) is 0 Å². The Kier molecular flexibility index (Phi) is 4.43. The van der Waals surface area contributed by atoms with Crippen LogP contribution in [0.4, 0.5) is 0 Å². The largest absolute Gasteiger partial charge is 0.302 e. The topological polar surface area (TPSA) is 3.24 Å². The first-order valence-electron chi connectivity index (χ1n) is 4.94. The molecule has 0 aliphatic heterocycles. The van der Waals surface area contributed by atoms with Crippen molar-refractivity contribution in [2.24, 2.45) is 0 Å². The second-order valence-corrected chi connectivity index (χ2v) is 4.25. The van der Waals surface area contributed by atoms with Gasteiger partial charge in [-0.05, 0) is 33.0 Å². The van der Waals surface area contributed by atoms with Crippen molar-refractivity contribution >= 4 is 11.6 Å². The number of alkyl halides is 1. The van der Waals surface area contributed by atoms with Gasteiger partial charge in [0.05, 0.1) is 0 Å². The van der Waals surface area contributed by atoms with Crippen LogP contribution < -0.4 is 0 Å². The van der Waals surface area contributed by atoms with Crippen LogP contribution in [0.1, 0.15) is 23.6 Å². The van der Waals surface area contributed by atoms with Crippen molar-refractivity contribution in [1.29, 1.82) is 0 Å². The predicted octanol–water partition coefficient (Wildman–Crippen LogP) is 3.23. The SMILES string of the molecule is Cc1ccc(C(CCCl)N(C)C)cc1. The second-order valence-electron chi connectivity index (χ2n) is 3.87. The molecule has 1 aromatic rings. The van der Waals surface area contributed by atoms with Crippen LogP contribution in [-0.2, 0) is 0 Å². The first kappa shape index (κ1) is 11.5. The smallest absolute Gasteiger partial charge is 0.0353 e. The Bertz CT molecular complexity index is 266. The van der Waals surface area contributed by atoms with Crippen LogP contribution in [0.2, 0.25) is 0 Å². The van der Waals surface area contributed by atoms with E-state index in [9.17, 15) is 0 Å². The number of rotatable bonds is 4. The molecule has 78 valence electrons. The summed E-state index contributed by atoms with van der Waals surface area (Å²) in [5.74, 6) is 0.705. The van der Waals surface area contributed by atoms with E-state index in [1.165, 1.54) is 11.1 Å². The Labute approximate surface area is 91.7 Å². The van der Waals surface area contributed by atoms with E-state index < -0.39 is 0 Å². The minimum Gasteiger partial charge on any atom is -0.302 e. The van der Waals surface area contributed by atoms with Crippen molar-refractivity contribution in [3.05, 3.63) is 35.4 Å². The lowest BCUT2D eigenvalue weighted by Gasteiger charge is -2.24. The summed E-state index contributed by atoms with van der Waals surface area (Å²) in [5, 5.41) is 0. The third kappa shape index (κ3) is 3.00. The molecule has 0 bridgehead atoms. The Morgan fingerprint density at radius 2 is 1.79 bits per heavy atom. The molecule has 0 spiro atoms. The predicted molar refractivity (Wildman–Crippen MR) is 62.9 cm³/mol. The van der Waals surface area contributed by atoms with Crippen LogP contribution in [0.15, 0.2) is 24.3 Å². The third-order valence-corrected chi connectivity index (χ3v) is 2.69. The van der Waals surface area contributed by atoms with Crippen LogP contribution in [0.25, 0.3) is 0 Å². The molecule has 0 heterocycles. The van der Waals surface area contributed by atoms with Gasteiger partial charge in [-0.3, -0.25) is 0 Å². The molecule has 0 saturated carbocycles. The first-order chi connectivity index (χ1) is 6.65. The summed E-state index contributed by atoms with van der Waals surface area (Å²) in [7, 11) is 4.19. The van der Waals surface area contributed by atoms with E-state index >= 15 is 0 Å². The van der Waals surface area contributed by atoms with Crippen molar-refractivity contribution in [3.63, 3.8) is 0 Å². The van der Waals surface area contributed by atoms with Gasteiger partial charge in [-0.15, -0.1) is 11.6 Å². The summed E-state index contributed by atoms with van der Waals surface area (Å²) in [4.78, 5) is 2.22. The molecular weight excluding hydrogens is 194 g/mol. The molecule has 0 amide bonds. The minimum atomic E-state index is 0.438. The molecule has 1 nitrogen and oxygen atoms in total. The maximum atomic E-state index is 5.79. The van der Waals surface area contributed by atoms with Gasteiger partial charge >= 0.3 is 0 Å². The highest BCUT2D eigenvalue weighted by Crippen LogP contribution is 2.22. The van der Waals surface area contributed by atoms with E-state index in [-0.39, 0.29) is 0 Å². The average molecular weight is 212 g/mol. The van der Waals surface area contributed by atoms with Crippen LogP contribution in [0.5, 0.6) is 0 Å². The lowest BCUT2D eigenvalue weighted by atomic mass is 10.0. The van der Waals surface area contributed by atoms with Crippen molar-refractivity contribution in [1.82, 2.24) is 4.90 Å². The van der Waals surface area contributed by atoms with Gasteiger partial charge in [0.2, 0.25) is 0 Å². The number of hydrogen-bond acceptors (Lipinski definition) is 1. The zero-order chi connectivity index (χ0) is 10.6. The number of halogens is 1. The zero-order valence-electron chi connectivity index (χ0n) is 9.13. The molecule has 0 fully saturated rings. The third-order valence-electron chi connectivity index (χ3n) is 2.47. The van der Waals surface area contributed by atoms with Gasteiger partial charge < -0.3 is 4.90 Å². The highest BCUT2D eigenvalue weighted by atomic mass is 35.5. The standard InChI is InChI=1S/C12H18ClN/c1-10-4-6-11(7-5-10)12(8-9-13)14(2)3/h4-7,12H,8-9H2,1-3H3. The normalized spacial score (nSPS) is 13.2. The highest BCUT2D eigenvalue weighted by Gasteiger charge is 2.12. The molecule has 1 unspecified atom stereocenters. The van der Waals surface area contributed by atoms with E-state index in [4.69, 9.17) is 11.6 Å². The highest BCUT2D eigenvalue weighted by molar-refractivity contribution is 6.17. The lowest BCUT2D eigenvalue weighted by molar-refractivity contribution is 0.293. The van der Waals surface area contributed by atoms with Gasteiger partial charge in [0.25, 0.3) is 0 Å². The summed E-state index contributed by atoms with van der Waals surface area (Å²) in [6.45, 7) is 2.11. The first-order valence-corrected chi connectivity index (χ1v) is 5.47. The molecule has 2 heteroatoms. The Balaban J connectivity index is 2.82. The summed E-state index contributed by atoms with van der Waals surface area (Å²) in [5.41, 5.74) is 2.65. The van der Waals surface area contributed by atoms with Crippen LogP contribution in [-0.4, -0.2) is 24.9 Å². The van der Waals surface area contributed by atoms with E-state index in [0.717, 1.165) is 6.42 Å². The summed E-state index contributed by atoms with van der Waals surface area (Å²) in [6.07, 6.45) is 0.998. The summed E-state index contributed by atoms with van der Waals surface area (Å²) >= 11 is 5.79. The van der Waals surface area contributed by atoms with E-state index in [1.54, 1.807) is 0 Å². The molecule has 1 aromatic carbocycles. The van der Waals surface area contributed by atoms with Gasteiger partial charge in [0.15, 0.2) is 0 Å². The number of hydrogen-bond donors (Lipinski definition) is 0. The van der Waals surface area contributed by atoms with Gasteiger partial charge in [-0.2, -0.15) is 0 Å². The van der Waals surface area contributed by atoms with Crippen molar-refractivity contribution in [3.8, 4) is 0 Å². The number of aryl methyl sites for hydroxylation is 1. The Morgan fingerprint density at radius 1 is 1.21 bits per heavy atom. The molecule has 0 saturated heterocycles. The quantitative estimate of drug-likeness (QED) is 0.692. The molecule has 0 aromatic heterocycles. The molecular formula is C12H18ClN. The van der Waals surface area contributed by atoms with Gasteiger partial charge in [0, 0.05) is 11.9 Å². The number of benzene rings is 1. The summed E-state index contributed by atoms with van der Waals surface area (Å²) in [6, 6.07) is 9.12. The van der Waals surface area contributed by atoms with Gasteiger partial charge in [-0.25, -0.2) is 0 Å². The summed E-state index contributed by atoms with van der Waals surface area (Å²) < 4.78 is 0. The fourth-order valence-electron chi connectivity index (χ4n) is 1.61. The van der Waals surface area contributed by atoms with E-state index in [1.807, 2.05) is 0 Å². The second kappa shape index (κ2) is 5.38. The average Bonchev–Trinajstić information content (AvgIpc) is 2.15. The van der Waals surface area contributed by atoms with Crippen LogP contribution >= 0.6 is 11.6 Å². The fraction of sp³-hybridized carbons (Fsp3) is 0.500. The van der Waals surface area contributed by atoms with E-state index in [0.29, 0.717) is 11.9 Å². The molecule has 0 aliphatic carbocycles. The van der Waals surface area contributed by atoms with Crippen molar-refractivity contribution in [2.75, 3.05) is 20.0 Å². The maximum Gasteiger partial charge on any atom is 0.0353 e. The Hall–Kier alpha value is -0.530. The molecule has 0 aliphatic rings. The lowest BCUT2D eigenvalue weighted by Crippen LogP contribution is -2.20. The zero-order valence-corrected chi connectivity index (χ0v) is 9.88.